The summed E-state index contributed by atoms with van der Waals surface area (Å²) in [4.78, 5) is 29.8. The van der Waals surface area contributed by atoms with Gasteiger partial charge in [0.2, 0.25) is 0 Å². The van der Waals surface area contributed by atoms with E-state index in [0.29, 0.717) is 5.82 Å². The van der Waals surface area contributed by atoms with E-state index in [9.17, 15) is 4.79 Å². The van der Waals surface area contributed by atoms with Crippen molar-refractivity contribution >= 4 is 17.2 Å². The molecule has 0 saturated carbocycles. The molecule has 1 aliphatic rings. The Morgan fingerprint density at radius 3 is 2.48 bits per heavy atom. The van der Waals surface area contributed by atoms with E-state index >= 15 is 0 Å². The average molecular weight is 455 g/mol. The molecule has 0 atom stereocenters. The number of thiophene rings is 1. The van der Waals surface area contributed by atoms with Crippen molar-refractivity contribution in [2.75, 3.05) is 13.1 Å². The second-order valence-electron chi connectivity index (χ2n) is 8.55. The lowest BCUT2D eigenvalue weighted by molar-refractivity contribution is 0.0716. The number of carbonyl (C=O) groups excluding carboxylic acids is 1. The highest BCUT2D eigenvalue weighted by Crippen LogP contribution is 2.36. The maximum absolute atomic E-state index is 13.0. The quantitative estimate of drug-likeness (QED) is 0.385. The number of pyridine rings is 1. The summed E-state index contributed by atoms with van der Waals surface area (Å²) in [7, 11) is 0. The zero-order chi connectivity index (χ0) is 22.8. The van der Waals surface area contributed by atoms with Gasteiger partial charge in [-0.15, -0.1) is 11.3 Å². The number of likely N-dealkylation sites (tertiary alicyclic amines) is 1. The van der Waals surface area contributed by atoms with Crippen LogP contribution in [0, 0.1) is 13.8 Å². The fourth-order valence-electron chi connectivity index (χ4n) is 4.51. The minimum atomic E-state index is 0.152. The van der Waals surface area contributed by atoms with Crippen LogP contribution in [0.5, 0.6) is 0 Å². The predicted molar refractivity (Wildman–Crippen MR) is 132 cm³/mol. The average Bonchev–Trinajstić information content (AvgIpc) is 3.30. The SMILES string of the molecule is Cc1ccccc1-c1cnc(-c2cccnc2)nc1C1CCN(C(=O)c2sccc2C)CC1. The summed E-state index contributed by atoms with van der Waals surface area (Å²) in [5.41, 5.74) is 6.49. The molecular formula is C27H26N4OS. The number of aryl methyl sites for hydroxylation is 2. The van der Waals surface area contributed by atoms with Crippen LogP contribution in [0.3, 0.4) is 0 Å². The number of nitrogens with zero attached hydrogens (tertiary/aromatic N) is 4. The third-order valence-corrected chi connectivity index (χ3v) is 7.40. The van der Waals surface area contributed by atoms with Crippen molar-refractivity contribution in [1.29, 1.82) is 0 Å². The van der Waals surface area contributed by atoms with Gasteiger partial charge in [0.25, 0.3) is 5.91 Å². The Hall–Kier alpha value is -3.38. The van der Waals surface area contributed by atoms with E-state index in [2.05, 4.69) is 36.2 Å². The Balaban J connectivity index is 1.47. The van der Waals surface area contributed by atoms with Crippen LogP contribution in [0.4, 0.5) is 0 Å². The Bertz CT molecular complexity index is 1280. The lowest BCUT2D eigenvalue weighted by Gasteiger charge is -2.32. The van der Waals surface area contributed by atoms with Gasteiger partial charge in [0.1, 0.15) is 0 Å². The molecular weight excluding hydrogens is 428 g/mol. The molecule has 1 saturated heterocycles. The summed E-state index contributed by atoms with van der Waals surface area (Å²) in [6.45, 7) is 5.60. The lowest BCUT2D eigenvalue weighted by atomic mass is 9.87. The topological polar surface area (TPSA) is 59.0 Å². The van der Waals surface area contributed by atoms with Crippen LogP contribution in [0.15, 0.2) is 66.4 Å². The summed E-state index contributed by atoms with van der Waals surface area (Å²) in [6.07, 6.45) is 7.29. The van der Waals surface area contributed by atoms with Crippen LogP contribution in [-0.4, -0.2) is 38.8 Å². The first kappa shape index (κ1) is 21.5. The molecule has 1 aromatic carbocycles. The van der Waals surface area contributed by atoms with E-state index in [1.54, 1.807) is 12.4 Å². The highest BCUT2D eigenvalue weighted by Gasteiger charge is 2.29. The molecule has 4 heterocycles. The van der Waals surface area contributed by atoms with E-state index in [1.165, 1.54) is 16.9 Å². The smallest absolute Gasteiger partial charge is 0.264 e. The molecule has 33 heavy (non-hydrogen) atoms. The maximum atomic E-state index is 13.0. The number of aromatic nitrogens is 3. The number of carbonyl (C=O) groups is 1. The van der Waals surface area contributed by atoms with Gasteiger partial charge >= 0.3 is 0 Å². The fourth-order valence-corrected chi connectivity index (χ4v) is 5.41. The molecule has 1 fully saturated rings. The van der Waals surface area contributed by atoms with Gasteiger partial charge in [-0.1, -0.05) is 24.3 Å². The summed E-state index contributed by atoms with van der Waals surface area (Å²) in [5.74, 6) is 1.12. The van der Waals surface area contributed by atoms with Crippen LogP contribution < -0.4 is 0 Å². The first-order valence-electron chi connectivity index (χ1n) is 11.3. The first-order chi connectivity index (χ1) is 16.1. The molecule has 0 N–H and O–H groups in total. The largest absolute Gasteiger partial charge is 0.338 e. The molecule has 1 amide bonds. The lowest BCUT2D eigenvalue weighted by Crippen LogP contribution is -2.38. The summed E-state index contributed by atoms with van der Waals surface area (Å²) in [6, 6.07) is 14.3. The Kier molecular flexibility index (Phi) is 6.01. The van der Waals surface area contributed by atoms with Crippen LogP contribution in [-0.2, 0) is 0 Å². The third-order valence-electron chi connectivity index (χ3n) is 6.40. The zero-order valence-corrected chi connectivity index (χ0v) is 19.7. The van der Waals surface area contributed by atoms with Crippen molar-refractivity contribution in [3.05, 3.63) is 88.1 Å². The second kappa shape index (κ2) is 9.24. The van der Waals surface area contributed by atoms with Crippen LogP contribution >= 0.6 is 11.3 Å². The van der Waals surface area contributed by atoms with Crippen molar-refractivity contribution in [1.82, 2.24) is 19.9 Å². The normalized spacial score (nSPS) is 14.4. The molecule has 0 radical (unpaired) electrons. The molecule has 5 nitrogen and oxygen atoms in total. The van der Waals surface area contributed by atoms with E-state index < -0.39 is 0 Å². The number of rotatable bonds is 4. The number of hydrogen-bond acceptors (Lipinski definition) is 5. The standard InChI is InChI=1S/C27H26N4OS/c1-18-6-3-4-8-22(18)23-17-29-26(21-7-5-12-28-16-21)30-24(23)20-9-13-31(14-10-20)27(32)25-19(2)11-15-33-25/h3-8,11-12,15-17,20H,9-10,13-14H2,1-2H3. The van der Waals surface area contributed by atoms with Crippen molar-refractivity contribution in [2.24, 2.45) is 0 Å². The van der Waals surface area contributed by atoms with Gasteiger partial charge < -0.3 is 4.90 Å². The first-order valence-corrected chi connectivity index (χ1v) is 12.2. The molecule has 1 aliphatic heterocycles. The predicted octanol–water partition coefficient (Wildman–Crippen LogP) is 5.90. The third kappa shape index (κ3) is 4.31. The van der Waals surface area contributed by atoms with Gasteiger partial charge in [0.05, 0.1) is 10.6 Å². The summed E-state index contributed by atoms with van der Waals surface area (Å²) in [5, 5.41) is 1.99. The Morgan fingerprint density at radius 1 is 0.970 bits per heavy atom. The van der Waals surface area contributed by atoms with Crippen molar-refractivity contribution in [2.45, 2.75) is 32.6 Å². The van der Waals surface area contributed by atoms with Gasteiger partial charge in [-0.05, 0) is 67.0 Å². The van der Waals surface area contributed by atoms with E-state index in [-0.39, 0.29) is 11.8 Å². The van der Waals surface area contributed by atoms with Gasteiger partial charge in [-0.3, -0.25) is 9.78 Å². The molecule has 4 aromatic rings. The Morgan fingerprint density at radius 2 is 1.79 bits per heavy atom. The monoisotopic (exact) mass is 454 g/mol. The molecule has 166 valence electrons. The van der Waals surface area contributed by atoms with Crippen LogP contribution in [0.1, 0.15) is 45.3 Å². The Labute approximate surface area is 198 Å². The molecule has 3 aromatic heterocycles. The minimum Gasteiger partial charge on any atom is -0.338 e. The fraction of sp³-hybridized carbons (Fsp3) is 0.259. The van der Waals surface area contributed by atoms with Gasteiger partial charge in [-0.25, -0.2) is 9.97 Å². The molecule has 0 bridgehead atoms. The number of hydrogen-bond donors (Lipinski definition) is 0. The molecule has 6 heteroatoms. The van der Waals surface area contributed by atoms with E-state index in [4.69, 9.17) is 9.97 Å². The van der Waals surface area contributed by atoms with E-state index in [0.717, 1.165) is 58.8 Å². The number of benzene rings is 1. The van der Waals surface area contributed by atoms with Crippen molar-refractivity contribution in [3.63, 3.8) is 0 Å². The van der Waals surface area contributed by atoms with Crippen LogP contribution in [0.25, 0.3) is 22.5 Å². The van der Waals surface area contributed by atoms with Crippen molar-refractivity contribution < 1.29 is 4.79 Å². The van der Waals surface area contributed by atoms with Crippen LogP contribution in [0.2, 0.25) is 0 Å². The van der Waals surface area contributed by atoms with Gasteiger partial charge in [-0.2, -0.15) is 0 Å². The summed E-state index contributed by atoms with van der Waals surface area (Å²) < 4.78 is 0. The van der Waals surface area contributed by atoms with E-state index in [1.807, 2.05) is 41.6 Å². The highest BCUT2D eigenvalue weighted by atomic mass is 32.1. The zero-order valence-electron chi connectivity index (χ0n) is 18.9. The minimum absolute atomic E-state index is 0.152. The second-order valence-corrected chi connectivity index (χ2v) is 9.46. The highest BCUT2D eigenvalue weighted by molar-refractivity contribution is 7.12. The van der Waals surface area contributed by atoms with Crippen molar-refractivity contribution in [3.8, 4) is 22.5 Å². The molecule has 5 rings (SSSR count). The number of amides is 1. The molecule has 0 unspecified atom stereocenters. The number of piperidine rings is 1. The van der Waals surface area contributed by atoms with Gasteiger partial charge in [0, 0.05) is 48.7 Å². The molecule has 0 aliphatic carbocycles. The maximum Gasteiger partial charge on any atom is 0.264 e. The molecule has 0 spiro atoms. The van der Waals surface area contributed by atoms with Gasteiger partial charge in [0.15, 0.2) is 5.82 Å². The summed E-state index contributed by atoms with van der Waals surface area (Å²) >= 11 is 1.53.